The molecule has 1 amide bonds. The van der Waals surface area contributed by atoms with Crippen molar-refractivity contribution in [3.05, 3.63) is 41.0 Å². The molecule has 1 aliphatic rings. The second-order valence-corrected chi connectivity index (χ2v) is 6.65. The first-order valence-corrected chi connectivity index (χ1v) is 9.01. The van der Waals surface area contributed by atoms with Crippen LogP contribution in [0.15, 0.2) is 18.2 Å². The minimum atomic E-state index is -0.114. The van der Waals surface area contributed by atoms with Gasteiger partial charge in [-0.2, -0.15) is 0 Å². The summed E-state index contributed by atoms with van der Waals surface area (Å²) >= 11 is 0. The molecule has 1 aliphatic heterocycles. The molecule has 6 nitrogen and oxygen atoms in total. The second kappa shape index (κ2) is 8.14. The summed E-state index contributed by atoms with van der Waals surface area (Å²) in [5.41, 5.74) is 2.15. The van der Waals surface area contributed by atoms with E-state index in [1.54, 1.807) is 0 Å². The lowest BCUT2D eigenvalue weighted by molar-refractivity contribution is -0.123. The van der Waals surface area contributed by atoms with Crippen molar-refractivity contribution < 1.29 is 9.53 Å². The predicted molar refractivity (Wildman–Crippen MR) is 95.7 cm³/mol. The minimum absolute atomic E-state index is 0.0300. The third-order valence-corrected chi connectivity index (χ3v) is 4.56. The Morgan fingerprint density at radius 2 is 2.12 bits per heavy atom. The summed E-state index contributed by atoms with van der Waals surface area (Å²) in [5, 5.41) is 11.5. The number of carbonyl (C=O) groups excluding carboxylic acids is 1. The lowest BCUT2D eigenvalue weighted by atomic mass is 10.1. The van der Waals surface area contributed by atoms with Crippen LogP contribution in [0, 0.1) is 13.8 Å². The Morgan fingerprint density at radius 1 is 1.24 bits per heavy atom. The third-order valence-electron chi connectivity index (χ3n) is 4.56. The van der Waals surface area contributed by atoms with Gasteiger partial charge in [0.2, 0.25) is 0 Å². The average Bonchev–Trinajstić information content (AvgIpc) is 2.83. The Bertz CT molecular complexity index is 739. The van der Waals surface area contributed by atoms with Crippen molar-refractivity contribution in [2.24, 2.45) is 0 Å². The van der Waals surface area contributed by atoms with Crippen LogP contribution in [-0.4, -0.2) is 33.8 Å². The van der Waals surface area contributed by atoms with Gasteiger partial charge in [0.1, 0.15) is 17.4 Å². The number of ether oxygens (including phenoxy) is 1. The van der Waals surface area contributed by atoms with E-state index in [4.69, 9.17) is 4.74 Å². The maximum absolute atomic E-state index is 12.0. The molecular formula is C19H26N4O2. The standard InChI is InChI=1S/C19H26N4O2/c1-14-7-8-15(2)16(12-14)25-13-19(24)20-10-9-18-22-21-17-6-4-3-5-11-23(17)18/h7-8,12H,3-6,9-11,13H2,1-2H3,(H,20,24). The number of fused-ring (bicyclic) bond motifs is 1. The smallest absolute Gasteiger partial charge is 0.257 e. The molecule has 0 radical (unpaired) electrons. The van der Waals surface area contributed by atoms with Crippen LogP contribution < -0.4 is 10.1 Å². The molecule has 3 rings (SSSR count). The van der Waals surface area contributed by atoms with Gasteiger partial charge in [0.15, 0.2) is 6.61 Å². The van der Waals surface area contributed by atoms with Gasteiger partial charge in [-0.05, 0) is 43.9 Å². The molecule has 0 atom stereocenters. The molecule has 0 saturated heterocycles. The lowest BCUT2D eigenvalue weighted by Crippen LogP contribution is -2.31. The van der Waals surface area contributed by atoms with Gasteiger partial charge in [-0.25, -0.2) is 0 Å². The summed E-state index contributed by atoms with van der Waals surface area (Å²) < 4.78 is 7.84. The van der Waals surface area contributed by atoms with Gasteiger partial charge in [0, 0.05) is 25.9 Å². The molecule has 25 heavy (non-hydrogen) atoms. The van der Waals surface area contributed by atoms with Crippen LogP contribution >= 0.6 is 0 Å². The number of hydrogen-bond donors (Lipinski definition) is 1. The number of benzene rings is 1. The number of carbonyl (C=O) groups is 1. The Hall–Kier alpha value is -2.37. The summed E-state index contributed by atoms with van der Waals surface area (Å²) in [6.45, 7) is 5.55. The van der Waals surface area contributed by atoms with Crippen molar-refractivity contribution in [2.45, 2.75) is 52.5 Å². The first-order valence-electron chi connectivity index (χ1n) is 9.01. The molecule has 1 N–H and O–H groups in total. The fourth-order valence-corrected chi connectivity index (χ4v) is 3.10. The van der Waals surface area contributed by atoms with E-state index in [9.17, 15) is 4.79 Å². The van der Waals surface area contributed by atoms with Crippen molar-refractivity contribution >= 4 is 5.91 Å². The van der Waals surface area contributed by atoms with Crippen molar-refractivity contribution in [3.8, 4) is 5.75 Å². The van der Waals surface area contributed by atoms with Crippen molar-refractivity contribution in [1.82, 2.24) is 20.1 Å². The molecule has 134 valence electrons. The van der Waals surface area contributed by atoms with Gasteiger partial charge in [0.05, 0.1) is 0 Å². The molecule has 0 unspecified atom stereocenters. The summed E-state index contributed by atoms with van der Waals surface area (Å²) in [7, 11) is 0. The summed E-state index contributed by atoms with van der Waals surface area (Å²) in [6, 6.07) is 5.98. The van der Waals surface area contributed by atoms with Crippen molar-refractivity contribution in [1.29, 1.82) is 0 Å². The first-order chi connectivity index (χ1) is 12.1. The largest absolute Gasteiger partial charge is 0.483 e. The highest BCUT2D eigenvalue weighted by Crippen LogP contribution is 2.19. The fraction of sp³-hybridized carbons (Fsp3) is 0.526. The molecule has 2 heterocycles. The van der Waals surface area contributed by atoms with E-state index in [2.05, 4.69) is 20.1 Å². The number of hydrogen-bond acceptors (Lipinski definition) is 4. The highest BCUT2D eigenvalue weighted by atomic mass is 16.5. The van der Waals surface area contributed by atoms with E-state index >= 15 is 0 Å². The molecule has 6 heteroatoms. The zero-order chi connectivity index (χ0) is 17.6. The quantitative estimate of drug-likeness (QED) is 0.875. The topological polar surface area (TPSA) is 69.0 Å². The molecular weight excluding hydrogens is 316 g/mol. The van der Waals surface area contributed by atoms with Gasteiger partial charge in [0.25, 0.3) is 5.91 Å². The molecule has 1 aromatic heterocycles. The summed E-state index contributed by atoms with van der Waals surface area (Å²) in [4.78, 5) is 12.0. The zero-order valence-electron chi connectivity index (χ0n) is 15.0. The summed E-state index contributed by atoms with van der Waals surface area (Å²) in [6.07, 6.45) is 5.30. The number of nitrogens with one attached hydrogen (secondary N) is 1. The Morgan fingerprint density at radius 3 is 3.00 bits per heavy atom. The van der Waals surface area contributed by atoms with Gasteiger partial charge in [-0.3, -0.25) is 4.79 Å². The molecule has 0 saturated carbocycles. The number of rotatable bonds is 6. The Labute approximate surface area is 148 Å². The van der Waals surface area contributed by atoms with Crippen LogP contribution in [0.25, 0.3) is 0 Å². The normalized spacial score (nSPS) is 13.8. The minimum Gasteiger partial charge on any atom is -0.483 e. The molecule has 1 aromatic carbocycles. The van der Waals surface area contributed by atoms with Crippen LogP contribution in [-0.2, 0) is 24.2 Å². The number of nitrogens with zero attached hydrogens (tertiary/aromatic N) is 3. The molecule has 0 aliphatic carbocycles. The van der Waals surface area contributed by atoms with Gasteiger partial charge < -0.3 is 14.6 Å². The maximum atomic E-state index is 12.0. The van der Waals surface area contributed by atoms with Crippen molar-refractivity contribution in [2.75, 3.05) is 13.2 Å². The van der Waals surface area contributed by atoms with Crippen LogP contribution in [0.1, 0.15) is 42.0 Å². The molecule has 0 bridgehead atoms. The average molecular weight is 342 g/mol. The Balaban J connectivity index is 1.45. The zero-order valence-corrected chi connectivity index (χ0v) is 15.0. The predicted octanol–water partition coefficient (Wildman–Crippen LogP) is 2.36. The van der Waals surface area contributed by atoms with Crippen LogP contribution in [0.4, 0.5) is 0 Å². The van der Waals surface area contributed by atoms with Crippen LogP contribution in [0.2, 0.25) is 0 Å². The lowest BCUT2D eigenvalue weighted by Gasteiger charge is -2.11. The van der Waals surface area contributed by atoms with E-state index in [1.165, 1.54) is 19.3 Å². The van der Waals surface area contributed by atoms with E-state index in [-0.39, 0.29) is 12.5 Å². The van der Waals surface area contributed by atoms with E-state index in [0.29, 0.717) is 13.0 Å². The highest BCUT2D eigenvalue weighted by Gasteiger charge is 2.14. The Kier molecular flexibility index (Phi) is 5.68. The van der Waals surface area contributed by atoms with Crippen LogP contribution in [0.5, 0.6) is 5.75 Å². The SMILES string of the molecule is Cc1ccc(C)c(OCC(=O)NCCc2nnc3n2CCCCC3)c1. The van der Waals surface area contributed by atoms with Gasteiger partial charge >= 0.3 is 0 Å². The number of aromatic nitrogens is 3. The van der Waals surface area contributed by atoms with E-state index < -0.39 is 0 Å². The van der Waals surface area contributed by atoms with E-state index in [1.807, 2.05) is 32.0 Å². The summed E-state index contributed by atoms with van der Waals surface area (Å²) in [5.74, 6) is 2.69. The molecule has 0 fully saturated rings. The van der Waals surface area contributed by atoms with Crippen molar-refractivity contribution in [3.63, 3.8) is 0 Å². The number of amides is 1. The van der Waals surface area contributed by atoms with Gasteiger partial charge in [-0.1, -0.05) is 18.6 Å². The maximum Gasteiger partial charge on any atom is 0.257 e. The monoisotopic (exact) mass is 342 g/mol. The van der Waals surface area contributed by atoms with E-state index in [0.717, 1.165) is 41.5 Å². The van der Waals surface area contributed by atoms with Crippen LogP contribution in [0.3, 0.4) is 0 Å². The molecule has 0 spiro atoms. The first kappa shape index (κ1) is 17.5. The fourth-order valence-electron chi connectivity index (χ4n) is 3.10. The third kappa shape index (κ3) is 4.59. The molecule has 2 aromatic rings. The number of aryl methyl sites for hydroxylation is 3. The second-order valence-electron chi connectivity index (χ2n) is 6.65. The van der Waals surface area contributed by atoms with Gasteiger partial charge in [-0.15, -0.1) is 10.2 Å². The highest BCUT2D eigenvalue weighted by molar-refractivity contribution is 5.77.